The Morgan fingerprint density at radius 1 is 1.17 bits per heavy atom. The number of benzene rings is 2. The lowest BCUT2D eigenvalue weighted by Gasteiger charge is -2.40. The second-order valence-corrected chi connectivity index (χ2v) is 9.18. The largest absolute Gasteiger partial charge is 0.295 e. The minimum absolute atomic E-state index is 0.403. The second-order valence-electron chi connectivity index (χ2n) is 9.18. The molecule has 0 N–H and O–H groups in total. The molecule has 0 bridgehead atoms. The van der Waals surface area contributed by atoms with Crippen LogP contribution >= 0.6 is 0 Å². The predicted molar refractivity (Wildman–Crippen MR) is 126 cm³/mol. The molecule has 3 nitrogen and oxygen atoms in total. The molecule has 3 heteroatoms. The molecule has 2 aromatic rings. The van der Waals surface area contributed by atoms with E-state index in [1.54, 1.807) is 0 Å². The van der Waals surface area contributed by atoms with E-state index >= 15 is 0 Å². The highest BCUT2D eigenvalue weighted by Crippen LogP contribution is 2.29. The van der Waals surface area contributed by atoms with Gasteiger partial charge in [-0.05, 0) is 93.8 Å². The summed E-state index contributed by atoms with van der Waals surface area (Å²) in [5.74, 6) is 1.37. The van der Waals surface area contributed by atoms with Gasteiger partial charge in [-0.3, -0.25) is 9.89 Å². The summed E-state index contributed by atoms with van der Waals surface area (Å²) < 4.78 is 0. The first-order valence-electron chi connectivity index (χ1n) is 11.3. The molecule has 1 heterocycles. The van der Waals surface area contributed by atoms with E-state index in [9.17, 15) is 0 Å². The molecular weight excluding hydrogens is 366 g/mol. The molecule has 0 aromatic heterocycles. The highest BCUT2D eigenvalue weighted by molar-refractivity contribution is 5.90. The van der Waals surface area contributed by atoms with Crippen molar-refractivity contribution >= 4 is 11.4 Å². The first kappa shape index (κ1) is 22.2. The number of nitrogens with zero attached hydrogens (tertiary/aromatic N) is 3. The number of para-hydroxylation sites is 1. The maximum absolute atomic E-state index is 9.04. The predicted octanol–water partition coefficient (Wildman–Crippen LogP) is 6.33. The molecule has 1 aliphatic rings. The Hall–Kier alpha value is -2.44. The lowest BCUT2D eigenvalue weighted by molar-refractivity contribution is 0.144. The van der Waals surface area contributed by atoms with Crippen molar-refractivity contribution in [3.63, 3.8) is 0 Å². The summed E-state index contributed by atoms with van der Waals surface area (Å²) >= 11 is 0. The van der Waals surface area contributed by atoms with Crippen LogP contribution in [0.3, 0.4) is 0 Å². The fraction of sp³-hybridized carbons (Fsp3) is 0.481. The van der Waals surface area contributed by atoms with Crippen molar-refractivity contribution in [1.29, 1.82) is 5.26 Å². The Bertz CT molecular complexity index is 889. The molecule has 2 aromatic carbocycles. The zero-order chi connectivity index (χ0) is 21.5. The first-order valence-corrected chi connectivity index (χ1v) is 11.3. The molecule has 3 rings (SSSR count). The third-order valence-electron chi connectivity index (χ3n) is 6.32. The standard InChI is InChI=1S/C27H35N3/c1-20(2)13-15-30-16-14-25(17-23-9-11-24(19-28)12-10-23)18-27(30)22(4)29-26-8-6-5-7-21(26)3/h5-12,20,25,27H,13-18H2,1-4H3/t25?,27-/m1/s1. The summed E-state index contributed by atoms with van der Waals surface area (Å²) in [5, 5.41) is 9.04. The van der Waals surface area contributed by atoms with E-state index in [2.05, 4.69) is 75.1 Å². The van der Waals surface area contributed by atoms with E-state index in [4.69, 9.17) is 10.3 Å². The summed E-state index contributed by atoms with van der Waals surface area (Å²) in [4.78, 5) is 7.72. The Labute approximate surface area is 182 Å². The molecule has 0 radical (unpaired) electrons. The number of likely N-dealkylation sites (tertiary alicyclic amines) is 1. The number of hydrogen-bond acceptors (Lipinski definition) is 3. The number of aryl methyl sites for hydroxylation is 1. The smallest absolute Gasteiger partial charge is 0.0991 e. The van der Waals surface area contributed by atoms with Crippen LogP contribution in [0.25, 0.3) is 0 Å². The summed E-state index contributed by atoms with van der Waals surface area (Å²) in [6.07, 6.45) is 4.69. The number of rotatable bonds is 7. The average Bonchev–Trinajstić information content (AvgIpc) is 2.74. The molecular formula is C27H35N3. The lowest BCUT2D eigenvalue weighted by Crippen LogP contribution is -2.47. The minimum atomic E-state index is 0.403. The minimum Gasteiger partial charge on any atom is -0.295 e. The summed E-state index contributed by atoms with van der Waals surface area (Å²) in [7, 11) is 0. The summed E-state index contributed by atoms with van der Waals surface area (Å²) in [5.41, 5.74) is 5.63. The van der Waals surface area contributed by atoms with E-state index in [0.717, 1.165) is 43.1 Å². The van der Waals surface area contributed by atoms with Crippen LogP contribution in [0, 0.1) is 30.1 Å². The van der Waals surface area contributed by atoms with Gasteiger partial charge in [0, 0.05) is 11.8 Å². The van der Waals surface area contributed by atoms with Crippen molar-refractivity contribution in [3.05, 3.63) is 65.2 Å². The molecule has 1 fully saturated rings. The van der Waals surface area contributed by atoms with Crippen molar-refractivity contribution < 1.29 is 0 Å². The number of hydrogen-bond donors (Lipinski definition) is 0. The Kier molecular flexibility index (Phi) is 7.82. The van der Waals surface area contributed by atoms with Crippen LogP contribution in [0.4, 0.5) is 5.69 Å². The Morgan fingerprint density at radius 2 is 1.90 bits per heavy atom. The number of aliphatic imine (C=N–C) groups is 1. The van der Waals surface area contributed by atoms with E-state index in [-0.39, 0.29) is 0 Å². The van der Waals surface area contributed by atoms with Gasteiger partial charge in [0.15, 0.2) is 0 Å². The average molecular weight is 402 g/mol. The second kappa shape index (κ2) is 10.5. The maximum Gasteiger partial charge on any atom is 0.0991 e. The SMILES string of the molecule is CC(=Nc1ccccc1C)[C@H]1CC(Cc2ccc(C#N)cc2)CCN1CCC(C)C. The highest BCUT2D eigenvalue weighted by atomic mass is 15.2. The Balaban J connectivity index is 1.76. The first-order chi connectivity index (χ1) is 14.5. The molecule has 0 spiro atoms. The molecule has 0 amide bonds. The fourth-order valence-electron chi connectivity index (χ4n) is 4.40. The van der Waals surface area contributed by atoms with Gasteiger partial charge in [-0.2, -0.15) is 5.26 Å². The van der Waals surface area contributed by atoms with Gasteiger partial charge in [0.25, 0.3) is 0 Å². The van der Waals surface area contributed by atoms with Gasteiger partial charge in [0.1, 0.15) is 0 Å². The van der Waals surface area contributed by atoms with E-state index in [1.807, 2.05) is 12.1 Å². The topological polar surface area (TPSA) is 39.4 Å². The zero-order valence-corrected chi connectivity index (χ0v) is 18.9. The number of nitriles is 1. The molecule has 1 unspecified atom stereocenters. The van der Waals surface area contributed by atoms with Gasteiger partial charge in [-0.1, -0.05) is 44.2 Å². The third kappa shape index (κ3) is 6.03. The van der Waals surface area contributed by atoms with Crippen LogP contribution in [-0.2, 0) is 6.42 Å². The van der Waals surface area contributed by atoms with Crippen LogP contribution in [0.5, 0.6) is 0 Å². The van der Waals surface area contributed by atoms with Gasteiger partial charge in [0.05, 0.1) is 17.3 Å². The van der Waals surface area contributed by atoms with Gasteiger partial charge in [0.2, 0.25) is 0 Å². The van der Waals surface area contributed by atoms with Crippen molar-refractivity contribution in [3.8, 4) is 6.07 Å². The fourth-order valence-corrected chi connectivity index (χ4v) is 4.40. The highest BCUT2D eigenvalue weighted by Gasteiger charge is 2.30. The van der Waals surface area contributed by atoms with Crippen LogP contribution in [0.2, 0.25) is 0 Å². The maximum atomic E-state index is 9.04. The van der Waals surface area contributed by atoms with Gasteiger partial charge in [-0.25, -0.2) is 0 Å². The molecule has 1 aliphatic heterocycles. The van der Waals surface area contributed by atoms with Crippen LogP contribution < -0.4 is 0 Å². The third-order valence-corrected chi connectivity index (χ3v) is 6.32. The summed E-state index contributed by atoms with van der Waals surface area (Å²) in [6.45, 7) is 11.2. The summed E-state index contributed by atoms with van der Waals surface area (Å²) in [6, 6.07) is 19.1. The van der Waals surface area contributed by atoms with E-state index in [0.29, 0.717) is 12.0 Å². The lowest BCUT2D eigenvalue weighted by atomic mass is 9.84. The molecule has 30 heavy (non-hydrogen) atoms. The molecule has 1 saturated heterocycles. The molecule has 2 atom stereocenters. The quantitative estimate of drug-likeness (QED) is 0.509. The molecule has 0 aliphatic carbocycles. The van der Waals surface area contributed by atoms with Crippen molar-refractivity contribution in [1.82, 2.24) is 4.90 Å². The van der Waals surface area contributed by atoms with Crippen molar-refractivity contribution in [2.45, 2.75) is 59.4 Å². The van der Waals surface area contributed by atoms with E-state index in [1.165, 1.54) is 29.7 Å². The molecule has 0 saturated carbocycles. The van der Waals surface area contributed by atoms with Gasteiger partial charge >= 0.3 is 0 Å². The monoisotopic (exact) mass is 401 g/mol. The Morgan fingerprint density at radius 3 is 2.57 bits per heavy atom. The van der Waals surface area contributed by atoms with Gasteiger partial charge < -0.3 is 0 Å². The van der Waals surface area contributed by atoms with Crippen LogP contribution in [0.1, 0.15) is 56.7 Å². The van der Waals surface area contributed by atoms with E-state index < -0.39 is 0 Å². The zero-order valence-electron chi connectivity index (χ0n) is 18.9. The molecule has 158 valence electrons. The van der Waals surface area contributed by atoms with Crippen LogP contribution in [-0.4, -0.2) is 29.7 Å². The number of piperidine rings is 1. The van der Waals surface area contributed by atoms with Crippen LogP contribution in [0.15, 0.2) is 53.5 Å². The van der Waals surface area contributed by atoms with Crippen molar-refractivity contribution in [2.75, 3.05) is 13.1 Å². The normalized spacial score (nSPS) is 20.3. The van der Waals surface area contributed by atoms with Gasteiger partial charge in [-0.15, -0.1) is 0 Å². The van der Waals surface area contributed by atoms with Crippen molar-refractivity contribution in [2.24, 2.45) is 16.8 Å².